The van der Waals surface area contributed by atoms with Crippen molar-refractivity contribution in [3.8, 4) is 0 Å². The minimum absolute atomic E-state index is 0.0626. The van der Waals surface area contributed by atoms with Crippen LogP contribution in [0, 0.1) is 0 Å². The third-order valence-corrected chi connectivity index (χ3v) is 5.89. The van der Waals surface area contributed by atoms with Crippen LogP contribution in [0.2, 0.25) is 0 Å². The monoisotopic (exact) mass is 372 g/mol. The van der Waals surface area contributed by atoms with Crippen molar-refractivity contribution in [3.05, 3.63) is 23.1 Å². The summed E-state index contributed by atoms with van der Waals surface area (Å²) < 4.78 is 7.08. The van der Waals surface area contributed by atoms with Gasteiger partial charge in [0.2, 0.25) is 0 Å². The standard InChI is InChI=1S/C19H24N4O2S/c1-10(2)14-12-8-25-19(3,4)7-11(12)13-15-16(26-18(13)23-14)17(20-5-6-24)22-9-21-15/h9-10,24H,5-8H2,1-4H3,(H,20,21,22). The van der Waals surface area contributed by atoms with Gasteiger partial charge >= 0.3 is 0 Å². The Labute approximate surface area is 156 Å². The highest BCUT2D eigenvalue weighted by atomic mass is 32.1. The first-order chi connectivity index (χ1) is 12.4. The number of hydrogen-bond acceptors (Lipinski definition) is 7. The number of hydrogen-bond donors (Lipinski definition) is 2. The fourth-order valence-corrected chi connectivity index (χ4v) is 4.74. The van der Waals surface area contributed by atoms with E-state index in [4.69, 9.17) is 14.8 Å². The molecule has 0 aliphatic carbocycles. The molecule has 0 amide bonds. The summed E-state index contributed by atoms with van der Waals surface area (Å²) >= 11 is 1.62. The van der Waals surface area contributed by atoms with Crippen LogP contribution in [0.4, 0.5) is 5.82 Å². The van der Waals surface area contributed by atoms with Gasteiger partial charge in [0.05, 0.1) is 34.7 Å². The molecule has 0 radical (unpaired) electrons. The van der Waals surface area contributed by atoms with Crippen molar-refractivity contribution in [2.24, 2.45) is 0 Å². The number of thiophene rings is 1. The van der Waals surface area contributed by atoms with Gasteiger partial charge in [-0.3, -0.25) is 0 Å². The van der Waals surface area contributed by atoms with E-state index in [0.29, 0.717) is 19.1 Å². The molecule has 0 unspecified atom stereocenters. The summed E-state index contributed by atoms with van der Waals surface area (Å²) in [6.45, 7) is 9.74. The van der Waals surface area contributed by atoms with E-state index < -0.39 is 0 Å². The van der Waals surface area contributed by atoms with Crippen molar-refractivity contribution in [1.82, 2.24) is 15.0 Å². The van der Waals surface area contributed by atoms with E-state index >= 15 is 0 Å². The molecule has 0 spiro atoms. The van der Waals surface area contributed by atoms with Crippen LogP contribution in [-0.4, -0.2) is 38.8 Å². The van der Waals surface area contributed by atoms with Crippen molar-refractivity contribution in [2.45, 2.75) is 52.2 Å². The smallest absolute Gasteiger partial charge is 0.147 e. The number of rotatable bonds is 4. The highest BCUT2D eigenvalue weighted by Crippen LogP contribution is 2.43. The fourth-order valence-electron chi connectivity index (χ4n) is 3.61. The number of nitrogens with zero attached hydrogens (tertiary/aromatic N) is 3. The Morgan fingerprint density at radius 2 is 2.12 bits per heavy atom. The predicted molar refractivity (Wildman–Crippen MR) is 105 cm³/mol. The number of aliphatic hydroxyl groups excluding tert-OH is 1. The topological polar surface area (TPSA) is 80.2 Å². The number of fused-ring (bicyclic) bond motifs is 5. The molecule has 1 aliphatic heterocycles. The van der Waals surface area contributed by atoms with E-state index in [1.54, 1.807) is 17.7 Å². The van der Waals surface area contributed by atoms with Gasteiger partial charge in [-0.1, -0.05) is 13.8 Å². The van der Waals surface area contributed by atoms with Crippen LogP contribution in [0.3, 0.4) is 0 Å². The average Bonchev–Trinajstić information content (AvgIpc) is 2.97. The van der Waals surface area contributed by atoms with Crippen LogP contribution in [0.15, 0.2) is 6.33 Å². The second-order valence-electron chi connectivity index (χ2n) is 7.67. The summed E-state index contributed by atoms with van der Waals surface area (Å²) in [7, 11) is 0. The third-order valence-electron chi connectivity index (χ3n) is 4.81. The SMILES string of the molecule is CC(C)c1nc2sc3c(NCCO)ncnc3c2c2c1COC(C)(C)C2. The molecule has 3 aromatic heterocycles. The third kappa shape index (κ3) is 2.84. The van der Waals surface area contributed by atoms with Crippen LogP contribution in [-0.2, 0) is 17.8 Å². The molecule has 0 atom stereocenters. The lowest BCUT2D eigenvalue weighted by molar-refractivity contribution is -0.0402. The van der Waals surface area contributed by atoms with Crippen LogP contribution >= 0.6 is 11.3 Å². The second-order valence-corrected chi connectivity index (χ2v) is 8.67. The molecular formula is C19H24N4O2S. The van der Waals surface area contributed by atoms with Crippen molar-refractivity contribution < 1.29 is 9.84 Å². The zero-order valence-electron chi connectivity index (χ0n) is 15.6. The summed E-state index contributed by atoms with van der Waals surface area (Å²) in [5, 5.41) is 13.4. The van der Waals surface area contributed by atoms with Crippen molar-refractivity contribution in [1.29, 1.82) is 0 Å². The number of ether oxygens (including phenoxy) is 1. The summed E-state index contributed by atoms with van der Waals surface area (Å²) in [5.74, 6) is 1.10. The normalized spacial score (nSPS) is 16.4. The Hall–Kier alpha value is -1.83. The Bertz CT molecular complexity index is 981. The molecule has 3 aromatic rings. The largest absolute Gasteiger partial charge is 0.395 e. The first-order valence-electron chi connectivity index (χ1n) is 8.99. The molecule has 4 rings (SSSR count). The first kappa shape index (κ1) is 17.6. The zero-order valence-corrected chi connectivity index (χ0v) is 16.4. The quantitative estimate of drug-likeness (QED) is 0.728. The summed E-state index contributed by atoms with van der Waals surface area (Å²) in [4.78, 5) is 14.9. The molecule has 26 heavy (non-hydrogen) atoms. The number of pyridine rings is 1. The molecule has 0 aromatic carbocycles. The van der Waals surface area contributed by atoms with Crippen molar-refractivity contribution >= 4 is 37.6 Å². The number of nitrogens with one attached hydrogen (secondary N) is 1. The maximum Gasteiger partial charge on any atom is 0.147 e. The van der Waals surface area contributed by atoms with E-state index in [1.165, 1.54) is 11.1 Å². The summed E-state index contributed by atoms with van der Waals surface area (Å²) in [6.07, 6.45) is 2.43. The molecule has 0 saturated heterocycles. The van der Waals surface area contributed by atoms with Crippen molar-refractivity contribution in [2.75, 3.05) is 18.5 Å². The lowest BCUT2D eigenvalue weighted by atomic mass is 9.87. The maximum absolute atomic E-state index is 9.12. The van der Waals surface area contributed by atoms with Gasteiger partial charge in [0.15, 0.2) is 0 Å². The molecule has 0 saturated carbocycles. The Morgan fingerprint density at radius 3 is 2.85 bits per heavy atom. The van der Waals surface area contributed by atoms with Gasteiger partial charge in [-0.15, -0.1) is 11.3 Å². The second kappa shape index (κ2) is 6.40. The molecule has 2 N–H and O–H groups in total. The summed E-state index contributed by atoms with van der Waals surface area (Å²) in [5.41, 5.74) is 4.39. The van der Waals surface area contributed by atoms with Gasteiger partial charge in [0.1, 0.15) is 17.0 Å². The van der Waals surface area contributed by atoms with Crippen LogP contribution in [0.25, 0.3) is 20.4 Å². The van der Waals surface area contributed by atoms with E-state index in [2.05, 4.69) is 43.0 Å². The molecule has 0 fully saturated rings. The van der Waals surface area contributed by atoms with Gasteiger partial charge in [0.25, 0.3) is 0 Å². The van der Waals surface area contributed by atoms with Crippen LogP contribution in [0.5, 0.6) is 0 Å². The number of anilines is 1. The Kier molecular flexibility index (Phi) is 4.33. The number of aliphatic hydroxyl groups is 1. The minimum atomic E-state index is -0.200. The van der Waals surface area contributed by atoms with E-state index in [9.17, 15) is 0 Å². The van der Waals surface area contributed by atoms with Crippen LogP contribution in [0.1, 0.15) is 50.4 Å². The molecule has 0 bridgehead atoms. The van der Waals surface area contributed by atoms with Crippen molar-refractivity contribution in [3.63, 3.8) is 0 Å². The molecule has 138 valence electrons. The molecular weight excluding hydrogens is 348 g/mol. The van der Waals surface area contributed by atoms with Crippen LogP contribution < -0.4 is 5.32 Å². The molecule has 7 heteroatoms. The van der Waals surface area contributed by atoms with Gasteiger partial charge in [-0.2, -0.15) is 0 Å². The van der Waals surface area contributed by atoms with Gasteiger partial charge in [-0.05, 0) is 25.3 Å². The summed E-state index contributed by atoms with van der Waals surface area (Å²) in [6, 6.07) is 0. The van der Waals surface area contributed by atoms with Gasteiger partial charge in [-0.25, -0.2) is 15.0 Å². The molecule has 4 heterocycles. The first-order valence-corrected chi connectivity index (χ1v) is 9.80. The van der Waals surface area contributed by atoms with E-state index in [0.717, 1.165) is 38.4 Å². The lowest BCUT2D eigenvalue weighted by Crippen LogP contribution is -2.32. The Balaban J connectivity index is 2.03. The predicted octanol–water partition coefficient (Wildman–Crippen LogP) is 3.62. The highest BCUT2D eigenvalue weighted by Gasteiger charge is 2.32. The minimum Gasteiger partial charge on any atom is -0.395 e. The van der Waals surface area contributed by atoms with E-state index in [1.807, 2.05) is 0 Å². The number of aromatic nitrogens is 3. The fraction of sp³-hybridized carbons (Fsp3) is 0.526. The van der Waals surface area contributed by atoms with Gasteiger partial charge in [0, 0.05) is 23.9 Å². The zero-order chi connectivity index (χ0) is 18.5. The van der Waals surface area contributed by atoms with E-state index in [-0.39, 0.29) is 12.2 Å². The van der Waals surface area contributed by atoms with Gasteiger partial charge < -0.3 is 15.2 Å². The average molecular weight is 372 g/mol. The Morgan fingerprint density at radius 1 is 1.31 bits per heavy atom. The lowest BCUT2D eigenvalue weighted by Gasteiger charge is -2.33. The highest BCUT2D eigenvalue weighted by molar-refractivity contribution is 7.26. The molecule has 1 aliphatic rings. The molecule has 6 nitrogen and oxygen atoms in total. The maximum atomic E-state index is 9.12.